The zero-order chi connectivity index (χ0) is 19.7. The molecular weight excluding hydrogens is 360 g/mol. The Kier molecular flexibility index (Phi) is 4.45. The molecule has 2 heterocycles. The lowest BCUT2D eigenvalue weighted by molar-refractivity contribution is 0.0731. The number of esters is 1. The Labute approximate surface area is 159 Å². The number of hydrogen-bond acceptors (Lipinski definition) is 6. The van der Waals surface area contributed by atoms with Gasteiger partial charge >= 0.3 is 5.97 Å². The molecular formula is C22H16O6. The number of rotatable bonds is 4. The number of methoxy groups -OCH3 is 1. The van der Waals surface area contributed by atoms with Gasteiger partial charge in [0.1, 0.15) is 11.3 Å². The smallest absolute Gasteiger partial charge is 0.343 e. The van der Waals surface area contributed by atoms with E-state index in [0.717, 1.165) is 5.56 Å². The van der Waals surface area contributed by atoms with Crippen LogP contribution in [0.5, 0.6) is 11.5 Å². The average molecular weight is 376 g/mol. The summed E-state index contributed by atoms with van der Waals surface area (Å²) in [6.45, 7) is 1.89. The zero-order valence-corrected chi connectivity index (χ0v) is 15.2. The minimum atomic E-state index is -0.686. The Morgan fingerprint density at radius 2 is 1.82 bits per heavy atom. The molecule has 0 unspecified atom stereocenters. The molecule has 2 aromatic carbocycles. The van der Waals surface area contributed by atoms with Crippen LogP contribution in [0.25, 0.3) is 22.5 Å². The van der Waals surface area contributed by atoms with E-state index in [0.29, 0.717) is 16.7 Å². The van der Waals surface area contributed by atoms with Crippen molar-refractivity contribution in [3.8, 4) is 23.0 Å². The fraction of sp³-hybridized carbons (Fsp3) is 0.0909. The van der Waals surface area contributed by atoms with Gasteiger partial charge in [0.2, 0.25) is 16.9 Å². The van der Waals surface area contributed by atoms with Crippen LogP contribution in [0.2, 0.25) is 0 Å². The molecule has 140 valence electrons. The van der Waals surface area contributed by atoms with Gasteiger partial charge < -0.3 is 18.3 Å². The van der Waals surface area contributed by atoms with E-state index in [-0.39, 0.29) is 22.8 Å². The van der Waals surface area contributed by atoms with Gasteiger partial charge in [-0.05, 0) is 61.0 Å². The van der Waals surface area contributed by atoms with Crippen molar-refractivity contribution in [2.45, 2.75) is 6.92 Å². The Morgan fingerprint density at radius 3 is 2.50 bits per heavy atom. The lowest BCUT2D eigenvalue weighted by Gasteiger charge is -2.09. The van der Waals surface area contributed by atoms with E-state index in [4.69, 9.17) is 18.3 Å². The first-order valence-corrected chi connectivity index (χ1v) is 8.54. The van der Waals surface area contributed by atoms with Gasteiger partial charge in [-0.25, -0.2) is 4.79 Å². The van der Waals surface area contributed by atoms with E-state index >= 15 is 0 Å². The van der Waals surface area contributed by atoms with Crippen LogP contribution in [0.3, 0.4) is 0 Å². The maximum absolute atomic E-state index is 13.0. The summed E-state index contributed by atoms with van der Waals surface area (Å²) >= 11 is 0. The Morgan fingerprint density at radius 1 is 1.04 bits per heavy atom. The van der Waals surface area contributed by atoms with Crippen molar-refractivity contribution in [2.75, 3.05) is 7.11 Å². The second kappa shape index (κ2) is 7.08. The highest BCUT2D eigenvalue weighted by Gasteiger charge is 2.23. The SMILES string of the molecule is COc1ccc(C(=O)Oc2c(-c3ccco3)oc3cc(C)ccc3c2=O)cc1. The van der Waals surface area contributed by atoms with Crippen LogP contribution >= 0.6 is 0 Å². The number of aryl methyl sites for hydroxylation is 1. The predicted octanol–water partition coefficient (Wildman–Crippen LogP) is 4.59. The third-order valence-electron chi connectivity index (χ3n) is 4.27. The van der Waals surface area contributed by atoms with Crippen molar-refractivity contribution in [2.24, 2.45) is 0 Å². The molecule has 0 aliphatic rings. The standard InChI is InChI=1S/C22H16O6/c1-13-5-10-16-18(12-13)27-20(17-4-3-11-26-17)21(19(16)23)28-22(24)14-6-8-15(25-2)9-7-14/h3-12H,1-2H3. The molecule has 0 saturated carbocycles. The Bertz CT molecular complexity index is 1200. The third-order valence-corrected chi connectivity index (χ3v) is 4.27. The molecule has 0 amide bonds. The molecule has 0 atom stereocenters. The van der Waals surface area contributed by atoms with Crippen molar-refractivity contribution in [3.05, 3.63) is 82.2 Å². The maximum Gasteiger partial charge on any atom is 0.343 e. The summed E-state index contributed by atoms with van der Waals surface area (Å²) in [5.41, 5.74) is 1.15. The molecule has 0 N–H and O–H groups in total. The fourth-order valence-electron chi connectivity index (χ4n) is 2.82. The first-order valence-electron chi connectivity index (χ1n) is 8.54. The molecule has 4 aromatic rings. The zero-order valence-electron chi connectivity index (χ0n) is 15.2. The van der Waals surface area contributed by atoms with Crippen molar-refractivity contribution in [1.82, 2.24) is 0 Å². The molecule has 0 aliphatic heterocycles. The number of benzene rings is 2. The molecule has 2 aromatic heterocycles. The first-order chi connectivity index (χ1) is 13.6. The Hall–Kier alpha value is -3.80. The highest BCUT2D eigenvalue weighted by molar-refractivity contribution is 5.93. The molecule has 6 heteroatoms. The van der Waals surface area contributed by atoms with Gasteiger partial charge in [0.25, 0.3) is 0 Å². The number of furan rings is 1. The van der Waals surface area contributed by atoms with Gasteiger partial charge in [-0.1, -0.05) is 6.07 Å². The van der Waals surface area contributed by atoms with E-state index in [1.807, 2.05) is 6.92 Å². The van der Waals surface area contributed by atoms with Gasteiger partial charge in [0, 0.05) is 0 Å². The molecule has 0 fully saturated rings. The molecule has 0 aliphatic carbocycles. The van der Waals surface area contributed by atoms with E-state index < -0.39 is 11.4 Å². The van der Waals surface area contributed by atoms with Gasteiger partial charge in [-0.15, -0.1) is 0 Å². The highest BCUT2D eigenvalue weighted by Crippen LogP contribution is 2.32. The molecule has 4 rings (SSSR count). The van der Waals surface area contributed by atoms with Crippen molar-refractivity contribution < 1.29 is 23.1 Å². The van der Waals surface area contributed by atoms with Gasteiger partial charge in [-0.2, -0.15) is 0 Å². The van der Waals surface area contributed by atoms with Crippen LogP contribution in [0.1, 0.15) is 15.9 Å². The average Bonchev–Trinajstić information content (AvgIpc) is 3.24. The first kappa shape index (κ1) is 17.6. The lowest BCUT2D eigenvalue weighted by atomic mass is 10.1. The van der Waals surface area contributed by atoms with Crippen LogP contribution < -0.4 is 14.9 Å². The van der Waals surface area contributed by atoms with E-state index in [1.165, 1.54) is 13.4 Å². The predicted molar refractivity (Wildman–Crippen MR) is 103 cm³/mol. The summed E-state index contributed by atoms with van der Waals surface area (Å²) in [7, 11) is 1.53. The number of carbonyl (C=O) groups excluding carboxylic acids is 1. The van der Waals surface area contributed by atoms with Crippen molar-refractivity contribution >= 4 is 16.9 Å². The number of ether oxygens (including phenoxy) is 2. The van der Waals surface area contributed by atoms with Gasteiger partial charge in [0.15, 0.2) is 5.76 Å². The van der Waals surface area contributed by atoms with Crippen LogP contribution in [-0.2, 0) is 0 Å². The van der Waals surface area contributed by atoms with Crippen LogP contribution in [0.15, 0.2) is 74.5 Å². The van der Waals surface area contributed by atoms with Gasteiger partial charge in [0.05, 0.1) is 24.3 Å². The van der Waals surface area contributed by atoms with Crippen LogP contribution in [0.4, 0.5) is 0 Å². The number of carbonyl (C=O) groups is 1. The van der Waals surface area contributed by atoms with E-state index in [1.54, 1.807) is 54.6 Å². The summed E-state index contributed by atoms with van der Waals surface area (Å²) in [5.74, 6) is 0.0581. The molecule has 0 radical (unpaired) electrons. The number of hydrogen-bond donors (Lipinski definition) is 0. The molecule has 28 heavy (non-hydrogen) atoms. The number of fused-ring (bicyclic) bond motifs is 1. The van der Waals surface area contributed by atoms with Crippen molar-refractivity contribution in [1.29, 1.82) is 0 Å². The second-order valence-corrected chi connectivity index (χ2v) is 6.18. The largest absolute Gasteiger partial charge is 0.497 e. The van der Waals surface area contributed by atoms with E-state index in [9.17, 15) is 9.59 Å². The Balaban J connectivity index is 1.83. The second-order valence-electron chi connectivity index (χ2n) is 6.18. The minimum Gasteiger partial charge on any atom is -0.497 e. The molecule has 0 spiro atoms. The maximum atomic E-state index is 13.0. The summed E-state index contributed by atoms with van der Waals surface area (Å²) in [6.07, 6.45) is 1.45. The van der Waals surface area contributed by atoms with Crippen LogP contribution in [0, 0.1) is 6.92 Å². The summed E-state index contributed by atoms with van der Waals surface area (Å²) in [6, 6.07) is 14.9. The lowest BCUT2D eigenvalue weighted by Crippen LogP contribution is -2.16. The molecule has 0 saturated heterocycles. The third kappa shape index (κ3) is 3.16. The highest BCUT2D eigenvalue weighted by atomic mass is 16.5. The molecule has 0 bridgehead atoms. The fourth-order valence-corrected chi connectivity index (χ4v) is 2.82. The summed E-state index contributed by atoms with van der Waals surface area (Å²) < 4.78 is 21.8. The quantitative estimate of drug-likeness (QED) is 0.485. The minimum absolute atomic E-state index is 0.0648. The topological polar surface area (TPSA) is 78.9 Å². The van der Waals surface area contributed by atoms with Gasteiger partial charge in [-0.3, -0.25) is 4.79 Å². The van der Waals surface area contributed by atoms with E-state index in [2.05, 4.69) is 0 Å². The van der Waals surface area contributed by atoms with Crippen molar-refractivity contribution in [3.63, 3.8) is 0 Å². The van der Waals surface area contributed by atoms with Crippen LogP contribution in [-0.4, -0.2) is 13.1 Å². The monoisotopic (exact) mass is 376 g/mol. The normalized spacial score (nSPS) is 10.8. The molecule has 6 nitrogen and oxygen atoms in total. The summed E-state index contributed by atoms with van der Waals surface area (Å²) in [5, 5.41) is 0.318. The summed E-state index contributed by atoms with van der Waals surface area (Å²) in [4.78, 5) is 25.6.